The first-order chi connectivity index (χ1) is 20.1. The van der Waals surface area contributed by atoms with Crippen molar-refractivity contribution in [2.24, 2.45) is 5.92 Å². The Balaban J connectivity index is 1.18. The number of nitrogens with zero attached hydrogens (tertiary/aromatic N) is 3. The van der Waals surface area contributed by atoms with Crippen molar-refractivity contribution in [1.82, 2.24) is 9.88 Å². The van der Waals surface area contributed by atoms with Gasteiger partial charge in [-0.1, -0.05) is 62.1 Å². The largest absolute Gasteiger partial charge is 0.435 e. The average molecular weight is 549 g/mol. The third kappa shape index (κ3) is 6.35. The first kappa shape index (κ1) is 26.8. The molecular weight excluding hydrogens is 512 g/mol. The highest BCUT2D eigenvalue weighted by atomic mass is 16.4. The molecule has 3 aromatic carbocycles. The number of para-hydroxylation sites is 1. The van der Waals surface area contributed by atoms with Gasteiger partial charge >= 0.3 is 0 Å². The van der Waals surface area contributed by atoms with E-state index in [9.17, 15) is 9.59 Å². The predicted octanol–water partition coefficient (Wildman–Crippen LogP) is 6.88. The van der Waals surface area contributed by atoms with E-state index in [1.165, 1.54) is 31.4 Å². The Morgan fingerprint density at radius 1 is 0.805 bits per heavy atom. The SMILES string of the molecule is O=C(CCC1CCCC1)Nc1ccc(-c2oc(-c3ccccc3)nc2C(=O)N2CCN(c3ccccc3)CC2)cc1. The first-order valence-corrected chi connectivity index (χ1v) is 14.7. The molecule has 2 fully saturated rings. The second-order valence-corrected chi connectivity index (χ2v) is 11.0. The molecule has 41 heavy (non-hydrogen) atoms. The van der Waals surface area contributed by atoms with Crippen LogP contribution in [0.25, 0.3) is 22.8 Å². The van der Waals surface area contributed by atoms with Crippen LogP contribution in [0.3, 0.4) is 0 Å². The Kier molecular flexibility index (Phi) is 8.12. The Bertz CT molecular complexity index is 1450. The Labute approximate surface area is 241 Å². The lowest BCUT2D eigenvalue weighted by molar-refractivity contribution is -0.116. The number of oxazole rings is 1. The van der Waals surface area contributed by atoms with Crippen molar-refractivity contribution < 1.29 is 14.0 Å². The highest BCUT2D eigenvalue weighted by Gasteiger charge is 2.29. The molecule has 1 N–H and O–H groups in total. The zero-order valence-corrected chi connectivity index (χ0v) is 23.3. The second kappa shape index (κ2) is 12.4. The van der Waals surface area contributed by atoms with Gasteiger partial charge in [0.25, 0.3) is 5.91 Å². The van der Waals surface area contributed by atoms with Gasteiger partial charge in [-0.3, -0.25) is 9.59 Å². The summed E-state index contributed by atoms with van der Waals surface area (Å²) in [6.07, 6.45) is 6.56. The molecule has 2 amide bonds. The molecule has 7 heteroatoms. The molecule has 6 rings (SSSR count). The summed E-state index contributed by atoms with van der Waals surface area (Å²) in [6, 6.07) is 27.4. The van der Waals surface area contributed by atoms with Crippen LogP contribution in [0, 0.1) is 5.92 Å². The summed E-state index contributed by atoms with van der Waals surface area (Å²) in [6.45, 7) is 2.71. The molecule has 1 aromatic heterocycles. The molecule has 0 atom stereocenters. The lowest BCUT2D eigenvalue weighted by Crippen LogP contribution is -2.49. The zero-order chi connectivity index (χ0) is 28.0. The Morgan fingerprint density at radius 3 is 2.15 bits per heavy atom. The van der Waals surface area contributed by atoms with Crippen molar-refractivity contribution in [3.05, 3.63) is 90.6 Å². The third-order valence-electron chi connectivity index (χ3n) is 8.22. The maximum absolute atomic E-state index is 13.8. The van der Waals surface area contributed by atoms with Gasteiger partial charge in [0.15, 0.2) is 11.5 Å². The second-order valence-electron chi connectivity index (χ2n) is 11.0. The van der Waals surface area contributed by atoms with Crippen LogP contribution in [0.15, 0.2) is 89.3 Å². The molecule has 1 saturated heterocycles. The standard InChI is InChI=1S/C34H36N4O3/c39-30(20-15-25-9-7-8-10-25)35-28-18-16-26(17-19-28)32-31(36-33(41-32)27-11-3-1-4-12-27)34(40)38-23-21-37(22-24-38)29-13-5-2-6-14-29/h1-6,11-14,16-19,25H,7-10,15,20-24H2,(H,35,39). The van der Waals surface area contributed by atoms with Gasteiger partial charge in [-0.2, -0.15) is 0 Å². The van der Waals surface area contributed by atoms with Crippen LogP contribution >= 0.6 is 0 Å². The highest BCUT2D eigenvalue weighted by Crippen LogP contribution is 2.32. The summed E-state index contributed by atoms with van der Waals surface area (Å²) in [5.41, 5.74) is 3.77. The fourth-order valence-electron chi connectivity index (χ4n) is 5.88. The van der Waals surface area contributed by atoms with Gasteiger partial charge < -0.3 is 19.5 Å². The van der Waals surface area contributed by atoms with Crippen LogP contribution in [0.2, 0.25) is 0 Å². The average Bonchev–Trinajstić information content (AvgIpc) is 3.72. The van der Waals surface area contributed by atoms with Crippen LogP contribution in [0.1, 0.15) is 49.0 Å². The summed E-state index contributed by atoms with van der Waals surface area (Å²) in [7, 11) is 0. The van der Waals surface area contributed by atoms with Crippen molar-refractivity contribution in [3.63, 3.8) is 0 Å². The number of hydrogen-bond donors (Lipinski definition) is 1. The van der Waals surface area contributed by atoms with E-state index >= 15 is 0 Å². The molecule has 2 heterocycles. The summed E-state index contributed by atoms with van der Waals surface area (Å²) in [5, 5.41) is 3.02. The van der Waals surface area contributed by atoms with Gasteiger partial charge in [-0.25, -0.2) is 4.98 Å². The number of aromatic nitrogens is 1. The predicted molar refractivity (Wildman–Crippen MR) is 162 cm³/mol. The molecule has 210 valence electrons. The van der Waals surface area contributed by atoms with Gasteiger partial charge in [0.2, 0.25) is 11.8 Å². The molecule has 0 spiro atoms. The van der Waals surface area contributed by atoms with Crippen LogP contribution in [-0.4, -0.2) is 47.9 Å². The van der Waals surface area contributed by atoms with Crippen LogP contribution in [0.4, 0.5) is 11.4 Å². The number of carbonyl (C=O) groups is 2. The first-order valence-electron chi connectivity index (χ1n) is 14.7. The smallest absolute Gasteiger partial charge is 0.276 e. The topological polar surface area (TPSA) is 78.7 Å². The van der Waals surface area contributed by atoms with Gasteiger partial charge in [0.1, 0.15) is 0 Å². The lowest BCUT2D eigenvalue weighted by atomic mass is 10.0. The van der Waals surface area contributed by atoms with Crippen molar-refractivity contribution >= 4 is 23.2 Å². The minimum atomic E-state index is -0.136. The molecule has 0 bridgehead atoms. The summed E-state index contributed by atoms with van der Waals surface area (Å²) in [4.78, 5) is 35.2. The quantitative estimate of drug-likeness (QED) is 0.260. The molecule has 2 aliphatic rings. The van der Waals surface area contributed by atoms with E-state index in [1.807, 2.05) is 77.7 Å². The number of carbonyl (C=O) groups excluding carboxylic acids is 2. The van der Waals surface area contributed by atoms with E-state index < -0.39 is 0 Å². The fourth-order valence-corrected chi connectivity index (χ4v) is 5.88. The third-order valence-corrected chi connectivity index (χ3v) is 8.22. The summed E-state index contributed by atoms with van der Waals surface area (Å²) >= 11 is 0. The molecule has 4 aromatic rings. The molecule has 1 aliphatic carbocycles. The van der Waals surface area contributed by atoms with E-state index in [0.717, 1.165) is 36.3 Å². The van der Waals surface area contributed by atoms with Crippen molar-refractivity contribution in [2.45, 2.75) is 38.5 Å². The number of rotatable bonds is 8. The molecule has 0 radical (unpaired) electrons. The van der Waals surface area contributed by atoms with Gasteiger partial charge in [-0.15, -0.1) is 0 Å². The molecule has 1 saturated carbocycles. The van der Waals surface area contributed by atoms with E-state index in [-0.39, 0.29) is 11.8 Å². The molecule has 1 aliphatic heterocycles. The number of anilines is 2. The van der Waals surface area contributed by atoms with Crippen LogP contribution in [0.5, 0.6) is 0 Å². The summed E-state index contributed by atoms with van der Waals surface area (Å²) < 4.78 is 6.25. The Morgan fingerprint density at radius 2 is 1.46 bits per heavy atom. The number of benzene rings is 3. The zero-order valence-electron chi connectivity index (χ0n) is 23.3. The van der Waals surface area contributed by atoms with E-state index in [4.69, 9.17) is 9.40 Å². The van der Waals surface area contributed by atoms with E-state index in [2.05, 4.69) is 22.3 Å². The minimum absolute atomic E-state index is 0.0428. The fraction of sp³-hybridized carbons (Fsp3) is 0.324. The number of hydrogen-bond acceptors (Lipinski definition) is 5. The molecular formula is C34H36N4O3. The minimum Gasteiger partial charge on any atom is -0.435 e. The van der Waals surface area contributed by atoms with Crippen molar-refractivity contribution in [1.29, 1.82) is 0 Å². The van der Waals surface area contributed by atoms with Gasteiger partial charge in [0.05, 0.1) is 0 Å². The maximum atomic E-state index is 13.8. The molecule has 7 nitrogen and oxygen atoms in total. The Hall–Kier alpha value is -4.39. The molecule has 0 unspecified atom stereocenters. The normalized spacial score (nSPS) is 15.7. The monoisotopic (exact) mass is 548 g/mol. The maximum Gasteiger partial charge on any atom is 0.276 e. The van der Waals surface area contributed by atoms with Gasteiger partial charge in [0, 0.05) is 55.1 Å². The van der Waals surface area contributed by atoms with E-state index in [0.29, 0.717) is 42.8 Å². The van der Waals surface area contributed by atoms with Gasteiger partial charge in [-0.05, 0) is 60.9 Å². The van der Waals surface area contributed by atoms with Crippen LogP contribution < -0.4 is 10.2 Å². The van der Waals surface area contributed by atoms with Crippen molar-refractivity contribution in [2.75, 3.05) is 36.4 Å². The van der Waals surface area contributed by atoms with Crippen LogP contribution in [-0.2, 0) is 4.79 Å². The number of amides is 2. The summed E-state index contributed by atoms with van der Waals surface area (Å²) in [5.74, 6) is 1.45. The number of nitrogens with one attached hydrogen (secondary N) is 1. The lowest BCUT2D eigenvalue weighted by Gasteiger charge is -2.35. The van der Waals surface area contributed by atoms with E-state index in [1.54, 1.807) is 0 Å². The van der Waals surface area contributed by atoms with Crippen molar-refractivity contribution in [3.8, 4) is 22.8 Å². The number of piperazine rings is 1. The highest BCUT2D eigenvalue weighted by molar-refractivity contribution is 5.99.